The average Bonchev–Trinajstić information content (AvgIpc) is 3.26. The summed E-state index contributed by atoms with van der Waals surface area (Å²) in [4.78, 5) is 11.2. The van der Waals surface area contributed by atoms with Crippen molar-refractivity contribution in [3.8, 4) is 0 Å². The molecular weight excluding hydrogens is 391 g/mol. The van der Waals surface area contributed by atoms with Gasteiger partial charge in [0.1, 0.15) is 10.6 Å². The number of nitrogens with one attached hydrogen (secondary N) is 2. The number of hydrogen-bond acceptors (Lipinski definition) is 6. The fourth-order valence-electron chi connectivity index (χ4n) is 3.97. The number of hydrogen-bond donors (Lipinski definition) is 2. The van der Waals surface area contributed by atoms with Crippen LogP contribution in [0.4, 0.5) is 15.8 Å². The SMILES string of the molecule is CC1NCCCCC1c1cc2c(Nc3cc4ncsc4cc3F)ccnc2s1. The molecule has 1 aliphatic heterocycles. The Morgan fingerprint density at radius 2 is 2.11 bits per heavy atom. The molecule has 4 heterocycles. The molecule has 4 nitrogen and oxygen atoms in total. The van der Waals surface area contributed by atoms with Crippen LogP contribution in [0.3, 0.4) is 0 Å². The molecule has 2 N–H and O–H groups in total. The number of benzene rings is 1. The first-order chi connectivity index (χ1) is 13.7. The molecule has 0 saturated carbocycles. The second-order valence-electron chi connectivity index (χ2n) is 7.35. The average molecular weight is 413 g/mol. The van der Waals surface area contributed by atoms with Crippen molar-refractivity contribution < 1.29 is 4.39 Å². The first-order valence-corrected chi connectivity index (χ1v) is 11.3. The van der Waals surface area contributed by atoms with E-state index in [1.807, 2.05) is 6.07 Å². The van der Waals surface area contributed by atoms with Gasteiger partial charge >= 0.3 is 0 Å². The zero-order chi connectivity index (χ0) is 19.1. The third kappa shape index (κ3) is 3.27. The lowest BCUT2D eigenvalue weighted by Gasteiger charge is -2.20. The Morgan fingerprint density at radius 1 is 1.18 bits per heavy atom. The zero-order valence-electron chi connectivity index (χ0n) is 15.5. The predicted octanol–water partition coefficient (Wildman–Crippen LogP) is 6.03. The highest BCUT2D eigenvalue weighted by molar-refractivity contribution is 7.18. The number of thiophene rings is 1. The topological polar surface area (TPSA) is 49.8 Å². The van der Waals surface area contributed by atoms with E-state index in [1.54, 1.807) is 35.2 Å². The van der Waals surface area contributed by atoms with Crippen LogP contribution in [0.5, 0.6) is 0 Å². The maximum absolute atomic E-state index is 14.6. The Bertz CT molecular complexity index is 1140. The Morgan fingerprint density at radius 3 is 3.04 bits per heavy atom. The molecular formula is C21H21FN4S2. The summed E-state index contributed by atoms with van der Waals surface area (Å²) in [5, 5.41) is 7.96. The molecule has 5 rings (SSSR count). The molecule has 28 heavy (non-hydrogen) atoms. The van der Waals surface area contributed by atoms with Crippen molar-refractivity contribution >= 4 is 54.5 Å². The largest absolute Gasteiger partial charge is 0.352 e. The van der Waals surface area contributed by atoms with E-state index in [0.717, 1.165) is 32.7 Å². The number of halogens is 1. The van der Waals surface area contributed by atoms with Gasteiger partial charge in [-0.1, -0.05) is 6.42 Å². The lowest BCUT2D eigenvalue weighted by Crippen LogP contribution is -2.30. The predicted molar refractivity (Wildman–Crippen MR) is 117 cm³/mol. The standard InChI is InChI=1S/C21H21FN4S2/c1-12-13(4-2-3-6-23-12)19-8-14-16(5-7-24-21(14)28-19)26-17-10-18-20(9-15(17)22)27-11-25-18/h5,7-13,23H,2-4,6H2,1H3,(H,24,26). The minimum Gasteiger partial charge on any atom is -0.352 e. The van der Waals surface area contributed by atoms with Crippen molar-refractivity contribution in [3.05, 3.63) is 46.7 Å². The molecule has 0 aliphatic carbocycles. The summed E-state index contributed by atoms with van der Waals surface area (Å²) >= 11 is 3.20. The molecule has 7 heteroatoms. The van der Waals surface area contributed by atoms with Crippen LogP contribution in [0.2, 0.25) is 0 Å². The summed E-state index contributed by atoms with van der Waals surface area (Å²) in [7, 11) is 0. The molecule has 2 atom stereocenters. The van der Waals surface area contributed by atoms with Gasteiger partial charge in [-0.05, 0) is 50.6 Å². The highest BCUT2D eigenvalue weighted by atomic mass is 32.1. The maximum Gasteiger partial charge on any atom is 0.148 e. The van der Waals surface area contributed by atoms with Gasteiger partial charge in [0.05, 0.1) is 27.1 Å². The summed E-state index contributed by atoms with van der Waals surface area (Å²) in [6, 6.07) is 7.93. The van der Waals surface area contributed by atoms with E-state index < -0.39 is 0 Å². The molecule has 0 amide bonds. The van der Waals surface area contributed by atoms with Crippen LogP contribution in [0.1, 0.15) is 37.0 Å². The molecule has 1 saturated heterocycles. The van der Waals surface area contributed by atoms with E-state index in [-0.39, 0.29) is 5.82 Å². The number of pyridine rings is 1. The van der Waals surface area contributed by atoms with Gasteiger partial charge in [0.2, 0.25) is 0 Å². The number of aromatic nitrogens is 2. The molecule has 0 radical (unpaired) electrons. The fourth-order valence-corrected chi connectivity index (χ4v) is 5.92. The Labute approximate surface area is 170 Å². The fraction of sp³-hybridized carbons (Fsp3) is 0.333. The Balaban J connectivity index is 1.52. The van der Waals surface area contributed by atoms with Gasteiger partial charge in [0.25, 0.3) is 0 Å². The summed E-state index contributed by atoms with van der Waals surface area (Å²) in [6.07, 6.45) is 5.46. The highest BCUT2D eigenvalue weighted by Crippen LogP contribution is 2.39. The monoisotopic (exact) mass is 412 g/mol. The highest BCUT2D eigenvalue weighted by Gasteiger charge is 2.24. The lowest BCUT2D eigenvalue weighted by atomic mass is 9.94. The number of thiazole rings is 1. The van der Waals surface area contributed by atoms with Gasteiger partial charge in [-0.2, -0.15) is 0 Å². The van der Waals surface area contributed by atoms with Gasteiger partial charge in [-0.15, -0.1) is 22.7 Å². The van der Waals surface area contributed by atoms with E-state index in [4.69, 9.17) is 0 Å². The smallest absolute Gasteiger partial charge is 0.148 e. The van der Waals surface area contributed by atoms with E-state index in [0.29, 0.717) is 17.6 Å². The van der Waals surface area contributed by atoms with Crippen LogP contribution in [0.15, 0.2) is 36.0 Å². The van der Waals surface area contributed by atoms with Crippen LogP contribution in [-0.4, -0.2) is 22.6 Å². The second-order valence-corrected chi connectivity index (χ2v) is 9.30. The van der Waals surface area contributed by atoms with Crippen LogP contribution < -0.4 is 10.6 Å². The molecule has 1 aromatic carbocycles. The van der Waals surface area contributed by atoms with Gasteiger partial charge in [0.15, 0.2) is 0 Å². The minimum atomic E-state index is -0.265. The number of rotatable bonds is 3. The Hall–Kier alpha value is -2.09. The first kappa shape index (κ1) is 18.0. The van der Waals surface area contributed by atoms with Crippen LogP contribution in [-0.2, 0) is 0 Å². The molecule has 3 aromatic heterocycles. The van der Waals surface area contributed by atoms with E-state index >= 15 is 0 Å². The maximum atomic E-state index is 14.6. The lowest BCUT2D eigenvalue weighted by molar-refractivity contribution is 0.488. The van der Waals surface area contributed by atoms with E-state index in [2.05, 4.69) is 33.6 Å². The number of nitrogens with zero attached hydrogens (tertiary/aromatic N) is 2. The quantitative estimate of drug-likeness (QED) is 0.431. The summed E-state index contributed by atoms with van der Waals surface area (Å²) in [6.45, 7) is 3.36. The molecule has 0 bridgehead atoms. The van der Waals surface area contributed by atoms with E-state index in [1.165, 1.54) is 35.5 Å². The summed E-state index contributed by atoms with van der Waals surface area (Å²) in [5.41, 5.74) is 3.88. The van der Waals surface area contributed by atoms with Gasteiger partial charge < -0.3 is 10.6 Å². The van der Waals surface area contributed by atoms with Crippen molar-refractivity contribution in [2.45, 2.75) is 38.1 Å². The molecule has 1 fully saturated rings. The van der Waals surface area contributed by atoms with Gasteiger partial charge in [0, 0.05) is 28.4 Å². The first-order valence-electron chi connectivity index (χ1n) is 9.60. The van der Waals surface area contributed by atoms with Crippen LogP contribution in [0, 0.1) is 5.82 Å². The second kappa shape index (κ2) is 7.39. The summed E-state index contributed by atoms with van der Waals surface area (Å²) < 4.78 is 15.4. The van der Waals surface area contributed by atoms with E-state index in [9.17, 15) is 4.39 Å². The number of anilines is 2. The Kier molecular flexibility index (Phi) is 4.74. The van der Waals surface area contributed by atoms with Gasteiger partial charge in [-0.3, -0.25) is 0 Å². The van der Waals surface area contributed by atoms with Crippen molar-refractivity contribution in [2.75, 3.05) is 11.9 Å². The third-order valence-corrected chi connectivity index (χ3v) is 7.49. The third-order valence-electron chi connectivity index (χ3n) is 5.52. The van der Waals surface area contributed by atoms with Crippen LogP contribution >= 0.6 is 22.7 Å². The zero-order valence-corrected chi connectivity index (χ0v) is 17.2. The van der Waals surface area contributed by atoms with Crippen molar-refractivity contribution in [1.82, 2.24) is 15.3 Å². The summed E-state index contributed by atoms with van der Waals surface area (Å²) in [5.74, 6) is 0.233. The van der Waals surface area contributed by atoms with Crippen molar-refractivity contribution in [3.63, 3.8) is 0 Å². The molecule has 144 valence electrons. The molecule has 1 aliphatic rings. The minimum absolute atomic E-state index is 0.265. The molecule has 2 unspecified atom stereocenters. The van der Waals surface area contributed by atoms with Gasteiger partial charge in [-0.25, -0.2) is 14.4 Å². The van der Waals surface area contributed by atoms with Crippen molar-refractivity contribution in [1.29, 1.82) is 0 Å². The van der Waals surface area contributed by atoms with Crippen molar-refractivity contribution in [2.24, 2.45) is 0 Å². The normalized spacial score (nSPS) is 20.5. The molecule has 0 spiro atoms. The number of fused-ring (bicyclic) bond motifs is 2. The molecule has 4 aromatic rings. The van der Waals surface area contributed by atoms with Crippen LogP contribution in [0.25, 0.3) is 20.4 Å².